The first-order chi connectivity index (χ1) is 8.70. The maximum absolute atomic E-state index is 6.20. The summed E-state index contributed by atoms with van der Waals surface area (Å²) in [4.78, 5) is 4.08. The molecule has 94 valence electrons. The average Bonchev–Trinajstić information content (AvgIpc) is 2.41. The summed E-state index contributed by atoms with van der Waals surface area (Å²) in [6, 6.07) is 12.3. The van der Waals surface area contributed by atoms with Gasteiger partial charge in [-0.3, -0.25) is 0 Å². The maximum Gasteiger partial charge on any atom is 0.126 e. The monoisotopic (exact) mass is 241 g/mol. The van der Waals surface area contributed by atoms with Gasteiger partial charge in [0.25, 0.3) is 0 Å². The van der Waals surface area contributed by atoms with Crippen LogP contribution in [0.1, 0.15) is 29.7 Å². The van der Waals surface area contributed by atoms with Crippen molar-refractivity contribution in [3.05, 3.63) is 59.3 Å². The number of hydrogen-bond acceptors (Lipinski definition) is 3. The Morgan fingerprint density at radius 2 is 1.89 bits per heavy atom. The Balaban J connectivity index is 2.11. The number of nitrogens with two attached hydrogens (primary N) is 2. The Bertz CT molecular complexity index is 505. The van der Waals surface area contributed by atoms with Gasteiger partial charge in [-0.1, -0.05) is 37.3 Å². The molecule has 2 aromatic rings. The Labute approximate surface area is 108 Å². The largest absolute Gasteiger partial charge is 0.383 e. The molecule has 0 saturated carbocycles. The van der Waals surface area contributed by atoms with Crippen molar-refractivity contribution < 1.29 is 0 Å². The Morgan fingerprint density at radius 1 is 1.17 bits per heavy atom. The number of rotatable bonds is 4. The summed E-state index contributed by atoms with van der Waals surface area (Å²) in [5.74, 6) is 0.568. The van der Waals surface area contributed by atoms with E-state index in [2.05, 4.69) is 36.2 Å². The molecule has 4 N–H and O–H groups in total. The molecular weight excluding hydrogens is 222 g/mol. The quantitative estimate of drug-likeness (QED) is 0.864. The topological polar surface area (TPSA) is 64.9 Å². The molecule has 1 unspecified atom stereocenters. The number of hydrogen-bond donors (Lipinski definition) is 2. The molecule has 0 bridgehead atoms. The molecule has 0 aliphatic heterocycles. The summed E-state index contributed by atoms with van der Waals surface area (Å²) in [5, 5.41) is 0. The molecule has 0 radical (unpaired) electrons. The second-order valence-corrected chi connectivity index (χ2v) is 4.45. The van der Waals surface area contributed by atoms with Crippen LogP contribution < -0.4 is 11.5 Å². The maximum atomic E-state index is 6.20. The fourth-order valence-corrected chi connectivity index (χ4v) is 1.98. The Kier molecular flexibility index (Phi) is 3.95. The number of nitrogens with zero attached hydrogens (tertiary/aromatic N) is 1. The van der Waals surface area contributed by atoms with E-state index in [-0.39, 0.29) is 6.04 Å². The fourth-order valence-electron chi connectivity index (χ4n) is 1.98. The van der Waals surface area contributed by atoms with Crippen LogP contribution in [-0.4, -0.2) is 4.98 Å². The van der Waals surface area contributed by atoms with Gasteiger partial charge in [0.1, 0.15) is 5.82 Å². The average molecular weight is 241 g/mol. The van der Waals surface area contributed by atoms with Gasteiger partial charge in [0.2, 0.25) is 0 Å². The van der Waals surface area contributed by atoms with Crippen molar-refractivity contribution in [1.29, 1.82) is 0 Å². The minimum Gasteiger partial charge on any atom is -0.383 e. The van der Waals surface area contributed by atoms with Crippen LogP contribution in [0.15, 0.2) is 42.6 Å². The molecule has 3 nitrogen and oxygen atoms in total. The van der Waals surface area contributed by atoms with Crippen molar-refractivity contribution in [2.75, 3.05) is 5.73 Å². The first-order valence-electron chi connectivity index (χ1n) is 6.24. The summed E-state index contributed by atoms with van der Waals surface area (Å²) in [6.45, 7) is 2.14. The lowest BCUT2D eigenvalue weighted by atomic mass is 9.98. The summed E-state index contributed by atoms with van der Waals surface area (Å²) < 4.78 is 0. The molecule has 0 aliphatic carbocycles. The predicted octanol–water partition coefficient (Wildman–Crippen LogP) is 2.47. The zero-order valence-electron chi connectivity index (χ0n) is 10.6. The lowest BCUT2D eigenvalue weighted by Gasteiger charge is -2.13. The van der Waals surface area contributed by atoms with Gasteiger partial charge in [-0.2, -0.15) is 0 Å². The first-order valence-corrected chi connectivity index (χ1v) is 6.24. The van der Waals surface area contributed by atoms with Gasteiger partial charge in [-0.25, -0.2) is 4.98 Å². The van der Waals surface area contributed by atoms with Crippen molar-refractivity contribution in [3.8, 4) is 0 Å². The van der Waals surface area contributed by atoms with Gasteiger partial charge in [0.05, 0.1) is 0 Å². The van der Waals surface area contributed by atoms with Crippen LogP contribution >= 0.6 is 0 Å². The van der Waals surface area contributed by atoms with Crippen LogP contribution in [0.2, 0.25) is 0 Å². The molecular formula is C15H19N3. The van der Waals surface area contributed by atoms with Gasteiger partial charge < -0.3 is 11.5 Å². The van der Waals surface area contributed by atoms with E-state index in [9.17, 15) is 0 Å². The minimum absolute atomic E-state index is 0.0394. The van der Waals surface area contributed by atoms with E-state index in [1.165, 1.54) is 5.56 Å². The van der Waals surface area contributed by atoms with E-state index in [0.29, 0.717) is 12.2 Å². The summed E-state index contributed by atoms with van der Waals surface area (Å²) in [7, 11) is 0. The van der Waals surface area contributed by atoms with Crippen LogP contribution in [0.25, 0.3) is 0 Å². The highest BCUT2D eigenvalue weighted by molar-refractivity contribution is 5.40. The van der Waals surface area contributed by atoms with E-state index in [1.807, 2.05) is 12.1 Å². The van der Waals surface area contributed by atoms with Crippen molar-refractivity contribution in [1.82, 2.24) is 4.98 Å². The number of aryl methyl sites for hydroxylation is 1. The first kappa shape index (κ1) is 12.6. The molecule has 0 amide bonds. The van der Waals surface area contributed by atoms with Crippen LogP contribution in [0.4, 0.5) is 5.82 Å². The molecule has 0 fully saturated rings. The smallest absolute Gasteiger partial charge is 0.126 e. The van der Waals surface area contributed by atoms with E-state index in [1.54, 1.807) is 6.20 Å². The van der Waals surface area contributed by atoms with E-state index >= 15 is 0 Å². The van der Waals surface area contributed by atoms with Crippen LogP contribution in [-0.2, 0) is 12.8 Å². The van der Waals surface area contributed by atoms with Gasteiger partial charge in [-0.05, 0) is 35.6 Å². The Morgan fingerprint density at radius 3 is 2.50 bits per heavy atom. The van der Waals surface area contributed by atoms with E-state index in [4.69, 9.17) is 11.5 Å². The zero-order chi connectivity index (χ0) is 13.0. The summed E-state index contributed by atoms with van der Waals surface area (Å²) >= 11 is 0. The van der Waals surface area contributed by atoms with Gasteiger partial charge in [0.15, 0.2) is 0 Å². The van der Waals surface area contributed by atoms with Gasteiger partial charge in [-0.15, -0.1) is 0 Å². The third-order valence-electron chi connectivity index (χ3n) is 3.18. The molecule has 2 rings (SSSR count). The zero-order valence-corrected chi connectivity index (χ0v) is 10.6. The normalized spacial score (nSPS) is 12.3. The highest BCUT2D eigenvalue weighted by Crippen LogP contribution is 2.19. The molecule has 0 aliphatic rings. The van der Waals surface area contributed by atoms with E-state index in [0.717, 1.165) is 17.5 Å². The number of pyridine rings is 1. The second kappa shape index (κ2) is 5.65. The molecule has 1 atom stereocenters. The SMILES string of the molecule is CCc1ccc(C(N)Cc2cccnc2N)cc1. The number of nitrogen functional groups attached to an aromatic ring is 1. The van der Waals surface area contributed by atoms with Gasteiger partial charge >= 0.3 is 0 Å². The van der Waals surface area contributed by atoms with Crippen molar-refractivity contribution in [2.45, 2.75) is 25.8 Å². The second-order valence-electron chi connectivity index (χ2n) is 4.45. The highest BCUT2D eigenvalue weighted by atomic mass is 14.8. The van der Waals surface area contributed by atoms with Crippen molar-refractivity contribution >= 4 is 5.82 Å². The molecule has 0 saturated heterocycles. The molecule has 0 spiro atoms. The fraction of sp³-hybridized carbons (Fsp3) is 0.267. The molecule has 1 aromatic heterocycles. The van der Waals surface area contributed by atoms with Gasteiger partial charge in [0, 0.05) is 12.2 Å². The number of benzene rings is 1. The lowest BCUT2D eigenvalue weighted by Crippen LogP contribution is -2.14. The molecule has 18 heavy (non-hydrogen) atoms. The van der Waals surface area contributed by atoms with Crippen LogP contribution in [0.5, 0.6) is 0 Å². The van der Waals surface area contributed by atoms with Crippen LogP contribution in [0, 0.1) is 0 Å². The lowest BCUT2D eigenvalue weighted by molar-refractivity contribution is 0.721. The van der Waals surface area contributed by atoms with Crippen molar-refractivity contribution in [2.24, 2.45) is 5.73 Å². The third-order valence-corrected chi connectivity index (χ3v) is 3.18. The predicted molar refractivity (Wildman–Crippen MR) is 75.1 cm³/mol. The standard InChI is InChI=1S/C15H19N3/c1-2-11-5-7-12(8-6-11)14(16)10-13-4-3-9-18-15(13)17/h3-9,14H,2,10,16H2,1H3,(H2,17,18). The number of aromatic nitrogens is 1. The third kappa shape index (κ3) is 2.87. The summed E-state index contributed by atoms with van der Waals surface area (Å²) in [5.41, 5.74) is 15.5. The van der Waals surface area contributed by atoms with E-state index < -0.39 is 0 Å². The van der Waals surface area contributed by atoms with Crippen molar-refractivity contribution in [3.63, 3.8) is 0 Å². The Hall–Kier alpha value is -1.87. The highest BCUT2D eigenvalue weighted by Gasteiger charge is 2.09. The summed E-state index contributed by atoms with van der Waals surface area (Å²) in [6.07, 6.45) is 3.45. The minimum atomic E-state index is -0.0394. The van der Waals surface area contributed by atoms with Crippen LogP contribution in [0.3, 0.4) is 0 Å². The molecule has 3 heteroatoms. The molecule has 1 heterocycles. The number of anilines is 1. The molecule has 1 aromatic carbocycles.